The number of rotatable bonds is 10. The Balaban J connectivity index is 1.95. The van der Waals surface area contributed by atoms with Crippen molar-refractivity contribution in [3.8, 4) is 0 Å². The Bertz CT molecular complexity index is 217. The summed E-state index contributed by atoms with van der Waals surface area (Å²) in [5.41, 5.74) is 0. The minimum atomic E-state index is -0.435. The fourth-order valence-corrected chi connectivity index (χ4v) is 2.36. The average molecular weight is 274 g/mol. The molecule has 1 heterocycles. The lowest BCUT2D eigenvalue weighted by atomic mass is 10.0. The zero-order chi connectivity index (χ0) is 13.9. The molecule has 114 valence electrons. The molecule has 19 heavy (non-hydrogen) atoms. The first kappa shape index (κ1) is 16.9. The van der Waals surface area contributed by atoms with Crippen molar-refractivity contribution >= 4 is 0 Å². The van der Waals surface area contributed by atoms with E-state index in [1.807, 2.05) is 6.92 Å². The fraction of sp³-hybridized carbons (Fsp3) is 1.00. The molecule has 1 aliphatic heterocycles. The van der Waals surface area contributed by atoms with Crippen LogP contribution in [0.4, 0.5) is 0 Å². The van der Waals surface area contributed by atoms with Gasteiger partial charge in [-0.25, -0.2) is 0 Å². The summed E-state index contributed by atoms with van der Waals surface area (Å²) in [6, 6.07) is 0.611. The summed E-state index contributed by atoms with van der Waals surface area (Å²) in [5, 5.41) is 13.1. The highest BCUT2D eigenvalue weighted by Crippen LogP contribution is 2.13. The highest BCUT2D eigenvalue weighted by Gasteiger charge is 2.18. The number of ether oxygens (including phenoxy) is 2. The lowest BCUT2D eigenvalue weighted by Crippen LogP contribution is -2.45. The third-order valence-corrected chi connectivity index (χ3v) is 3.57. The standard InChI is InChI=1S/C14H30N2O3/c1-3-18-8-9-19-12-14(17)11-15-10-13-6-4-5-7-16(13)2/h13-15,17H,3-12H2,1-2H3. The Morgan fingerprint density at radius 2 is 2.11 bits per heavy atom. The first-order valence-electron chi connectivity index (χ1n) is 7.48. The van der Waals surface area contributed by atoms with Gasteiger partial charge in [-0.1, -0.05) is 6.42 Å². The van der Waals surface area contributed by atoms with E-state index in [2.05, 4.69) is 17.3 Å². The Hall–Kier alpha value is -0.200. The van der Waals surface area contributed by atoms with Crippen molar-refractivity contribution in [3.63, 3.8) is 0 Å². The zero-order valence-corrected chi connectivity index (χ0v) is 12.4. The van der Waals surface area contributed by atoms with Gasteiger partial charge in [0, 0.05) is 25.7 Å². The first-order chi connectivity index (χ1) is 9.24. The van der Waals surface area contributed by atoms with Crippen LogP contribution in [0, 0.1) is 0 Å². The number of piperidine rings is 1. The van der Waals surface area contributed by atoms with Gasteiger partial charge in [-0.05, 0) is 33.4 Å². The molecule has 1 rings (SSSR count). The number of nitrogens with zero attached hydrogens (tertiary/aromatic N) is 1. The summed E-state index contributed by atoms with van der Waals surface area (Å²) in [5.74, 6) is 0. The van der Waals surface area contributed by atoms with Crippen LogP contribution in [-0.2, 0) is 9.47 Å². The smallest absolute Gasteiger partial charge is 0.0897 e. The lowest BCUT2D eigenvalue weighted by molar-refractivity contribution is 0.00596. The number of likely N-dealkylation sites (N-methyl/N-ethyl adjacent to an activating group) is 1. The molecule has 0 bridgehead atoms. The molecule has 5 heteroatoms. The fourth-order valence-electron chi connectivity index (χ4n) is 2.36. The first-order valence-corrected chi connectivity index (χ1v) is 7.48. The maximum Gasteiger partial charge on any atom is 0.0897 e. The van der Waals surface area contributed by atoms with Crippen LogP contribution in [0.25, 0.3) is 0 Å². The molecule has 2 N–H and O–H groups in total. The molecule has 1 saturated heterocycles. The van der Waals surface area contributed by atoms with Gasteiger partial charge in [0.05, 0.1) is 25.9 Å². The molecule has 0 aromatic heterocycles. The highest BCUT2D eigenvalue weighted by atomic mass is 16.5. The largest absolute Gasteiger partial charge is 0.389 e. The lowest BCUT2D eigenvalue weighted by Gasteiger charge is -2.32. The van der Waals surface area contributed by atoms with Crippen molar-refractivity contribution in [3.05, 3.63) is 0 Å². The second-order valence-corrected chi connectivity index (χ2v) is 5.21. The number of hydrogen-bond acceptors (Lipinski definition) is 5. The number of hydrogen-bond donors (Lipinski definition) is 2. The van der Waals surface area contributed by atoms with E-state index in [0.717, 1.165) is 6.54 Å². The molecule has 1 aliphatic rings. The maximum atomic E-state index is 9.76. The topological polar surface area (TPSA) is 54.0 Å². The number of nitrogens with one attached hydrogen (secondary N) is 1. The predicted molar refractivity (Wildman–Crippen MR) is 76.5 cm³/mol. The van der Waals surface area contributed by atoms with Crippen LogP contribution in [0.1, 0.15) is 26.2 Å². The van der Waals surface area contributed by atoms with Crippen LogP contribution >= 0.6 is 0 Å². The maximum absolute atomic E-state index is 9.76. The van der Waals surface area contributed by atoms with Gasteiger partial charge in [0.1, 0.15) is 0 Å². The normalized spacial score (nSPS) is 22.6. The van der Waals surface area contributed by atoms with Crippen LogP contribution in [0.2, 0.25) is 0 Å². The summed E-state index contributed by atoms with van der Waals surface area (Å²) in [6.07, 6.45) is 3.45. The minimum Gasteiger partial charge on any atom is -0.389 e. The van der Waals surface area contributed by atoms with E-state index in [-0.39, 0.29) is 0 Å². The van der Waals surface area contributed by atoms with Crippen molar-refractivity contribution in [2.24, 2.45) is 0 Å². The number of likely N-dealkylation sites (tertiary alicyclic amines) is 1. The molecule has 0 aromatic rings. The molecular formula is C14H30N2O3. The quantitative estimate of drug-likeness (QED) is 0.567. The third kappa shape index (κ3) is 7.84. The van der Waals surface area contributed by atoms with Gasteiger partial charge >= 0.3 is 0 Å². The second kappa shape index (κ2) is 10.6. The molecular weight excluding hydrogens is 244 g/mol. The summed E-state index contributed by atoms with van der Waals surface area (Å²) < 4.78 is 10.5. The van der Waals surface area contributed by atoms with Gasteiger partial charge in [0.25, 0.3) is 0 Å². The molecule has 0 spiro atoms. The van der Waals surface area contributed by atoms with Crippen molar-refractivity contribution < 1.29 is 14.6 Å². The van der Waals surface area contributed by atoms with Crippen LogP contribution in [-0.4, -0.2) is 75.3 Å². The second-order valence-electron chi connectivity index (χ2n) is 5.21. The number of aliphatic hydroxyl groups excluding tert-OH is 1. The van der Waals surface area contributed by atoms with Gasteiger partial charge in [-0.15, -0.1) is 0 Å². The number of aliphatic hydroxyl groups is 1. The predicted octanol–water partition coefficient (Wildman–Crippen LogP) is 0.474. The molecule has 0 aromatic carbocycles. The Morgan fingerprint density at radius 1 is 1.32 bits per heavy atom. The summed E-state index contributed by atoms with van der Waals surface area (Å²) in [6.45, 7) is 6.94. The van der Waals surface area contributed by atoms with Crippen LogP contribution in [0.3, 0.4) is 0 Å². The van der Waals surface area contributed by atoms with Crippen molar-refractivity contribution in [2.45, 2.75) is 38.3 Å². The van der Waals surface area contributed by atoms with Crippen molar-refractivity contribution in [1.29, 1.82) is 0 Å². The van der Waals surface area contributed by atoms with E-state index in [0.29, 0.717) is 39.0 Å². The van der Waals surface area contributed by atoms with Gasteiger partial charge in [-0.2, -0.15) is 0 Å². The van der Waals surface area contributed by atoms with E-state index < -0.39 is 6.10 Å². The zero-order valence-electron chi connectivity index (χ0n) is 12.4. The molecule has 0 radical (unpaired) electrons. The van der Waals surface area contributed by atoms with Crippen LogP contribution in [0.5, 0.6) is 0 Å². The minimum absolute atomic E-state index is 0.376. The van der Waals surface area contributed by atoms with Gasteiger partial charge in [-0.3, -0.25) is 0 Å². The van der Waals surface area contributed by atoms with Crippen LogP contribution < -0.4 is 5.32 Å². The summed E-state index contributed by atoms with van der Waals surface area (Å²) in [7, 11) is 2.18. The third-order valence-electron chi connectivity index (χ3n) is 3.57. The average Bonchev–Trinajstić information content (AvgIpc) is 2.41. The SMILES string of the molecule is CCOCCOCC(O)CNCC1CCCCN1C. The molecule has 0 aliphatic carbocycles. The Morgan fingerprint density at radius 3 is 2.84 bits per heavy atom. The van der Waals surface area contributed by atoms with E-state index in [1.165, 1.54) is 25.8 Å². The van der Waals surface area contributed by atoms with E-state index in [4.69, 9.17) is 9.47 Å². The van der Waals surface area contributed by atoms with E-state index >= 15 is 0 Å². The highest BCUT2D eigenvalue weighted by molar-refractivity contribution is 4.76. The van der Waals surface area contributed by atoms with Crippen molar-refractivity contribution in [1.82, 2.24) is 10.2 Å². The molecule has 0 amide bonds. The molecule has 0 saturated carbocycles. The van der Waals surface area contributed by atoms with Crippen molar-refractivity contribution in [2.75, 3.05) is 53.1 Å². The molecule has 2 unspecified atom stereocenters. The van der Waals surface area contributed by atoms with Gasteiger partial charge < -0.3 is 24.8 Å². The molecule has 1 fully saturated rings. The van der Waals surface area contributed by atoms with Gasteiger partial charge in [0.15, 0.2) is 0 Å². The van der Waals surface area contributed by atoms with E-state index in [1.54, 1.807) is 0 Å². The summed E-state index contributed by atoms with van der Waals surface area (Å²) in [4.78, 5) is 2.40. The Kier molecular flexibility index (Phi) is 9.38. The molecule has 5 nitrogen and oxygen atoms in total. The monoisotopic (exact) mass is 274 g/mol. The van der Waals surface area contributed by atoms with Crippen LogP contribution in [0.15, 0.2) is 0 Å². The van der Waals surface area contributed by atoms with Gasteiger partial charge in [0.2, 0.25) is 0 Å². The Labute approximate surface area is 117 Å². The summed E-state index contributed by atoms with van der Waals surface area (Å²) >= 11 is 0. The molecule has 2 atom stereocenters. The van der Waals surface area contributed by atoms with E-state index in [9.17, 15) is 5.11 Å².